The van der Waals surface area contributed by atoms with Gasteiger partial charge in [0.15, 0.2) is 0 Å². The minimum Gasteiger partial charge on any atom is -0.465 e. The molecule has 0 aliphatic heterocycles. The highest BCUT2D eigenvalue weighted by Gasteiger charge is 2.07. The van der Waals surface area contributed by atoms with E-state index in [-0.39, 0.29) is 5.91 Å². The molecule has 22 heavy (non-hydrogen) atoms. The Bertz CT molecular complexity index is 643. The molecular formula is C17H17NO3S. The number of nitrogens with one attached hydrogen (secondary N) is 1. The molecule has 5 heteroatoms. The third-order valence-corrected chi connectivity index (χ3v) is 3.92. The third-order valence-electron chi connectivity index (χ3n) is 2.91. The SMILES string of the molecule is COC(=O)c1cccc(NC(=O)CCSc2ccccc2)c1. The second-order valence-corrected chi connectivity index (χ2v) is 5.70. The Balaban J connectivity index is 1.83. The molecule has 0 aromatic heterocycles. The van der Waals surface area contributed by atoms with Crippen LogP contribution in [0.4, 0.5) is 5.69 Å². The molecule has 0 heterocycles. The average Bonchev–Trinajstić information content (AvgIpc) is 2.55. The summed E-state index contributed by atoms with van der Waals surface area (Å²) in [6.45, 7) is 0. The molecule has 0 saturated carbocycles. The van der Waals surface area contributed by atoms with Gasteiger partial charge in [-0.05, 0) is 30.3 Å². The molecule has 0 radical (unpaired) electrons. The first-order chi connectivity index (χ1) is 10.7. The van der Waals surface area contributed by atoms with Gasteiger partial charge >= 0.3 is 5.97 Å². The van der Waals surface area contributed by atoms with Crippen molar-refractivity contribution < 1.29 is 14.3 Å². The standard InChI is InChI=1S/C17H17NO3S/c1-21-17(20)13-6-5-7-14(12-13)18-16(19)10-11-22-15-8-3-2-4-9-15/h2-9,12H,10-11H2,1H3,(H,18,19). The topological polar surface area (TPSA) is 55.4 Å². The number of hydrogen-bond acceptors (Lipinski definition) is 4. The smallest absolute Gasteiger partial charge is 0.337 e. The molecule has 0 aliphatic carbocycles. The first-order valence-electron chi connectivity index (χ1n) is 6.85. The van der Waals surface area contributed by atoms with E-state index in [1.807, 2.05) is 30.3 Å². The number of methoxy groups -OCH3 is 1. The van der Waals surface area contributed by atoms with Gasteiger partial charge in [-0.25, -0.2) is 4.79 Å². The molecule has 0 fully saturated rings. The van der Waals surface area contributed by atoms with Gasteiger partial charge in [-0.2, -0.15) is 0 Å². The van der Waals surface area contributed by atoms with Crippen LogP contribution in [-0.2, 0) is 9.53 Å². The van der Waals surface area contributed by atoms with Gasteiger partial charge in [0.1, 0.15) is 0 Å². The zero-order chi connectivity index (χ0) is 15.8. The van der Waals surface area contributed by atoms with E-state index in [1.54, 1.807) is 36.0 Å². The van der Waals surface area contributed by atoms with Gasteiger partial charge in [-0.1, -0.05) is 24.3 Å². The van der Waals surface area contributed by atoms with Crippen LogP contribution in [0.5, 0.6) is 0 Å². The number of carbonyl (C=O) groups excluding carboxylic acids is 2. The molecule has 0 unspecified atom stereocenters. The fourth-order valence-electron chi connectivity index (χ4n) is 1.84. The second-order valence-electron chi connectivity index (χ2n) is 4.53. The number of esters is 1. The minimum absolute atomic E-state index is 0.0783. The van der Waals surface area contributed by atoms with E-state index in [4.69, 9.17) is 0 Å². The normalized spacial score (nSPS) is 10.0. The summed E-state index contributed by atoms with van der Waals surface area (Å²) in [4.78, 5) is 24.5. The van der Waals surface area contributed by atoms with E-state index in [2.05, 4.69) is 10.1 Å². The molecule has 1 N–H and O–H groups in total. The molecule has 0 atom stereocenters. The lowest BCUT2D eigenvalue weighted by molar-refractivity contribution is -0.115. The Labute approximate surface area is 133 Å². The van der Waals surface area contributed by atoms with Crippen LogP contribution in [0.3, 0.4) is 0 Å². The van der Waals surface area contributed by atoms with Crippen LogP contribution < -0.4 is 5.32 Å². The van der Waals surface area contributed by atoms with Crippen LogP contribution in [0, 0.1) is 0 Å². The summed E-state index contributed by atoms with van der Waals surface area (Å²) in [5.41, 5.74) is 1.01. The number of hydrogen-bond donors (Lipinski definition) is 1. The molecule has 1 amide bonds. The van der Waals surface area contributed by atoms with E-state index in [0.29, 0.717) is 23.4 Å². The second kappa shape index (κ2) is 8.24. The lowest BCUT2D eigenvalue weighted by Gasteiger charge is -2.07. The van der Waals surface area contributed by atoms with Crippen LogP contribution in [0.1, 0.15) is 16.8 Å². The summed E-state index contributed by atoms with van der Waals surface area (Å²) in [5, 5.41) is 2.79. The number of benzene rings is 2. The number of ether oxygens (including phenoxy) is 1. The fourth-order valence-corrected chi connectivity index (χ4v) is 2.72. The molecule has 2 aromatic rings. The van der Waals surface area contributed by atoms with E-state index < -0.39 is 5.97 Å². The summed E-state index contributed by atoms with van der Waals surface area (Å²) >= 11 is 1.64. The van der Waals surface area contributed by atoms with Crippen molar-refractivity contribution in [3.8, 4) is 0 Å². The lowest BCUT2D eigenvalue weighted by atomic mass is 10.2. The van der Waals surface area contributed by atoms with Crippen molar-refractivity contribution in [2.75, 3.05) is 18.2 Å². The molecule has 0 saturated heterocycles. The highest BCUT2D eigenvalue weighted by atomic mass is 32.2. The molecule has 2 aromatic carbocycles. The zero-order valence-corrected chi connectivity index (χ0v) is 13.1. The van der Waals surface area contributed by atoms with Crippen LogP contribution in [0.15, 0.2) is 59.5 Å². The van der Waals surface area contributed by atoms with E-state index in [9.17, 15) is 9.59 Å². The molecule has 2 rings (SSSR count). The predicted molar refractivity (Wildman–Crippen MR) is 88.2 cm³/mol. The Morgan fingerprint density at radius 1 is 1.09 bits per heavy atom. The Hall–Kier alpha value is -2.27. The van der Waals surface area contributed by atoms with E-state index in [1.165, 1.54) is 7.11 Å². The summed E-state index contributed by atoms with van der Waals surface area (Å²) in [5.74, 6) is 0.202. The molecule has 0 spiro atoms. The van der Waals surface area contributed by atoms with Crippen LogP contribution in [0.25, 0.3) is 0 Å². The van der Waals surface area contributed by atoms with Crippen molar-refractivity contribution in [2.45, 2.75) is 11.3 Å². The number of carbonyl (C=O) groups is 2. The number of anilines is 1. The summed E-state index contributed by atoms with van der Waals surface area (Å²) < 4.78 is 4.66. The third kappa shape index (κ3) is 4.93. The summed E-state index contributed by atoms with van der Waals surface area (Å²) in [7, 11) is 1.33. The number of amides is 1. The van der Waals surface area contributed by atoms with Gasteiger partial charge < -0.3 is 10.1 Å². The largest absolute Gasteiger partial charge is 0.465 e. The fraction of sp³-hybridized carbons (Fsp3) is 0.176. The van der Waals surface area contributed by atoms with Gasteiger partial charge in [0.2, 0.25) is 5.91 Å². The van der Waals surface area contributed by atoms with Gasteiger partial charge in [-0.15, -0.1) is 11.8 Å². The van der Waals surface area contributed by atoms with E-state index >= 15 is 0 Å². The summed E-state index contributed by atoms with van der Waals surface area (Å²) in [6.07, 6.45) is 0.405. The Morgan fingerprint density at radius 3 is 2.59 bits per heavy atom. The first-order valence-corrected chi connectivity index (χ1v) is 7.83. The van der Waals surface area contributed by atoms with Gasteiger partial charge in [-0.3, -0.25) is 4.79 Å². The molecule has 114 valence electrons. The van der Waals surface area contributed by atoms with Crippen molar-refractivity contribution in [1.29, 1.82) is 0 Å². The maximum Gasteiger partial charge on any atom is 0.337 e. The van der Waals surface area contributed by atoms with E-state index in [0.717, 1.165) is 4.90 Å². The minimum atomic E-state index is -0.421. The molecular weight excluding hydrogens is 298 g/mol. The van der Waals surface area contributed by atoms with Gasteiger partial charge in [0.25, 0.3) is 0 Å². The lowest BCUT2D eigenvalue weighted by Crippen LogP contribution is -2.12. The number of rotatable bonds is 6. The highest BCUT2D eigenvalue weighted by molar-refractivity contribution is 7.99. The molecule has 4 nitrogen and oxygen atoms in total. The quantitative estimate of drug-likeness (QED) is 0.654. The number of thioether (sulfide) groups is 1. The average molecular weight is 315 g/mol. The van der Waals surface area contributed by atoms with Crippen LogP contribution in [0.2, 0.25) is 0 Å². The maximum absolute atomic E-state index is 11.9. The van der Waals surface area contributed by atoms with Gasteiger partial charge in [0.05, 0.1) is 12.7 Å². The zero-order valence-electron chi connectivity index (χ0n) is 12.2. The Morgan fingerprint density at radius 2 is 1.86 bits per heavy atom. The van der Waals surface area contributed by atoms with Gasteiger partial charge in [0, 0.05) is 22.8 Å². The molecule has 0 bridgehead atoms. The molecule has 0 aliphatic rings. The van der Waals surface area contributed by atoms with Crippen molar-refractivity contribution in [2.24, 2.45) is 0 Å². The van der Waals surface area contributed by atoms with Crippen molar-refractivity contribution in [3.63, 3.8) is 0 Å². The maximum atomic E-state index is 11.9. The van der Waals surface area contributed by atoms with Crippen LogP contribution >= 0.6 is 11.8 Å². The predicted octanol–water partition coefficient (Wildman–Crippen LogP) is 3.59. The monoisotopic (exact) mass is 315 g/mol. The van der Waals surface area contributed by atoms with Crippen molar-refractivity contribution in [1.82, 2.24) is 0 Å². The van der Waals surface area contributed by atoms with Crippen LogP contribution in [-0.4, -0.2) is 24.7 Å². The van der Waals surface area contributed by atoms with Crippen molar-refractivity contribution in [3.05, 3.63) is 60.2 Å². The first kappa shape index (κ1) is 16.1. The van der Waals surface area contributed by atoms with Crippen molar-refractivity contribution >= 4 is 29.3 Å². The highest BCUT2D eigenvalue weighted by Crippen LogP contribution is 2.18. The summed E-state index contributed by atoms with van der Waals surface area (Å²) in [6, 6.07) is 16.6. The Kier molecular flexibility index (Phi) is 6.03.